The van der Waals surface area contributed by atoms with Gasteiger partial charge in [0.15, 0.2) is 0 Å². The molecule has 1 aliphatic heterocycles. The second kappa shape index (κ2) is 5.85. The molecule has 2 heterocycles. The molecule has 2 aliphatic rings. The van der Waals surface area contributed by atoms with E-state index in [0.717, 1.165) is 12.8 Å². The Labute approximate surface area is 126 Å². The van der Waals surface area contributed by atoms with Crippen LogP contribution >= 0.6 is 11.3 Å². The molecule has 6 nitrogen and oxygen atoms in total. The number of hydrogen-bond acceptors (Lipinski definition) is 4. The molecule has 3 N–H and O–H groups in total. The molecule has 3 amide bonds. The third-order valence-corrected chi connectivity index (χ3v) is 4.62. The van der Waals surface area contributed by atoms with Gasteiger partial charge in [0.05, 0.1) is 9.88 Å². The van der Waals surface area contributed by atoms with Crippen LogP contribution in [0.1, 0.15) is 35.4 Å². The lowest BCUT2D eigenvalue weighted by molar-refractivity contribution is -0.122. The van der Waals surface area contributed by atoms with Crippen LogP contribution in [0.3, 0.4) is 0 Å². The molecule has 1 saturated carbocycles. The van der Waals surface area contributed by atoms with Crippen molar-refractivity contribution in [2.75, 3.05) is 11.9 Å². The zero-order chi connectivity index (χ0) is 14.8. The Morgan fingerprint density at radius 3 is 2.71 bits per heavy atom. The zero-order valence-electron chi connectivity index (χ0n) is 11.5. The van der Waals surface area contributed by atoms with Crippen LogP contribution in [-0.4, -0.2) is 30.3 Å². The first-order chi connectivity index (χ1) is 10.1. The predicted molar refractivity (Wildman–Crippen MR) is 79.2 cm³/mol. The van der Waals surface area contributed by atoms with Crippen molar-refractivity contribution in [3.63, 3.8) is 0 Å². The quantitative estimate of drug-likeness (QED) is 0.778. The summed E-state index contributed by atoms with van der Waals surface area (Å²) < 4.78 is 0. The van der Waals surface area contributed by atoms with Crippen molar-refractivity contribution >= 4 is 34.1 Å². The minimum Gasteiger partial charge on any atom is -0.354 e. The van der Waals surface area contributed by atoms with E-state index < -0.39 is 0 Å². The first-order valence-electron chi connectivity index (χ1n) is 7.10. The monoisotopic (exact) mass is 307 g/mol. The van der Waals surface area contributed by atoms with Crippen LogP contribution < -0.4 is 16.0 Å². The zero-order valence-corrected chi connectivity index (χ0v) is 12.3. The number of amides is 3. The topological polar surface area (TPSA) is 87.3 Å². The summed E-state index contributed by atoms with van der Waals surface area (Å²) in [5.74, 6) is 0.0591. The summed E-state index contributed by atoms with van der Waals surface area (Å²) in [5, 5.41) is 9.17. The summed E-state index contributed by atoms with van der Waals surface area (Å²) in [6.07, 6.45) is 3.02. The maximum atomic E-state index is 12.1. The minimum atomic E-state index is -0.159. The normalized spacial score (nSPS) is 21.5. The fourth-order valence-electron chi connectivity index (χ4n) is 2.21. The first-order valence-corrected chi connectivity index (χ1v) is 7.92. The van der Waals surface area contributed by atoms with Crippen molar-refractivity contribution < 1.29 is 14.4 Å². The van der Waals surface area contributed by atoms with Gasteiger partial charge in [0.2, 0.25) is 11.8 Å². The van der Waals surface area contributed by atoms with Crippen molar-refractivity contribution in [2.45, 2.75) is 31.7 Å². The van der Waals surface area contributed by atoms with Gasteiger partial charge in [-0.15, -0.1) is 11.3 Å². The number of hydrogen-bond donors (Lipinski definition) is 3. The molecule has 1 aromatic rings. The summed E-state index contributed by atoms with van der Waals surface area (Å²) in [6.45, 7) is 0.473. The molecule has 1 aliphatic carbocycles. The molecule has 1 saturated heterocycles. The van der Waals surface area contributed by atoms with E-state index in [9.17, 15) is 14.4 Å². The predicted octanol–water partition coefficient (Wildman–Crippen LogP) is 1.10. The van der Waals surface area contributed by atoms with Gasteiger partial charge in [0.25, 0.3) is 5.91 Å². The van der Waals surface area contributed by atoms with Gasteiger partial charge in [-0.1, -0.05) is 0 Å². The van der Waals surface area contributed by atoms with Crippen LogP contribution in [0.5, 0.6) is 0 Å². The molecule has 0 spiro atoms. The van der Waals surface area contributed by atoms with Gasteiger partial charge < -0.3 is 16.0 Å². The summed E-state index contributed by atoms with van der Waals surface area (Å²) in [6, 6.07) is 3.44. The van der Waals surface area contributed by atoms with Crippen LogP contribution in [0, 0.1) is 5.92 Å². The van der Waals surface area contributed by atoms with Crippen molar-refractivity contribution in [3.8, 4) is 0 Å². The highest BCUT2D eigenvalue weighted by Crippen LogP contribution is 2.31. The molecule has 1 aromatic heterocycles. The Morgan fingerprint density at radius 2 is 2.05 bits per heavy atom. The Morgan fingerprint density at radius 1 is 1.24 bits per heavy atom. The second-order valence-corrected chi connectivity index (χ2v) is 6.52. The molecule has 0 aromatic carbocycles. The highest BCUT2D eigenvalue weighted by atomic mass is 32.1. The lowest BCUT2D eigenvalue weighted by atomic mass is 10.1. The fraction of sp³-hybridized carbons (Fsp3) is 0.500. The van der Waals surface area contributed by atoms with Gasteiger partial charge in [0.1, 0.15) is 0 Å². The van der Waals surface area contributed by atoms with Crippen molar-refractivity contribution in [2.24, 2.45) is 5.92 Å². The molecule has 1 unspecified atom stereocenters. The molecule has 7 heteroatoms. The van der Waals surface area contributed by atoms with E-state index in [2.05, 4.69) is 16.0 Å². The maximum Gasteiger partial charge on any atom is 0.261 e. The van der Waals surface area contributed by atoms with Crippen LogP contribution in [0.15, 0.2) is 12.1 Å². The summed E-state index contributed by atoms with van der Waals surface area (Å²) in [4.78, 5) is 35.4. The smallest absolute Gasteiger partial charge is 0.261 e. The van der Waals surface area contributed by atoms with Crippen molar-refractivity contribution in [1.82, 2.24) is 10.6 Å². The van der Waals surface area contributed by atoms with Crippen LogP contribution in [0.2, 0.25) is 0 Å². The summed E-state index contributed by atoms with van der Waals surface area (Å²) in [5.41, 5.74) is 0. The highest BCUT2D eigenvalue weighted by Gasteiger charge is 2.30. The largest absolute Gasteiger partial charge is 0.354 e. The number of thiophene rings is 1. The number of rotatable bonds is 4. The van der Waals surface area contributed by atoms with Gasteiger partial charge in [-0.2, -0.15) is 0 Å². The lowest BCUT2D eigenvalue weighted by Gasteiger charge is -2.23. The van der Waals surface area contributed by atoms with E-state index in [1.165, 1.54) is 11.3 Å². The number of carbonyl (C=O) groups excluding carboxylic acids is 3. The maximum absolute atomic E-state index is 12.1. The fourth-order valence-corrected chi connectivity index (χ4v) is 3.02. The third-order valence-electron chi connectivity index (χ3n) is 3.63. The summed E-state index contributed by atoms with van der Waals surface area (Å²) in [7, 11) is 0. The number of piperidine rings is 1. The Hall–Kier alpha value is -1.89. The van der Waals surface area contributed by atoms with Crippen LogP contribution in [0.25, 0.3) is 0 Å². The van der Waals surface area contributed by atoms with Crippen LogP contribution in [0.4, 0.5) is 5.00 Å². The first kappa shape index (κ1) is 14.1. The number of carbonyl (C=O) groups is 3. The van der Waals surface area contributed by atoms with Gasteiger partial charge in [-0.05, 0) is 31.4 Å². The Bertz CT molecular complexity index is 570. The Balaban J connectivity index is 1.53. The van der Waals surface area contributed by atoms with E-state index in [0.29, 0.717) is 29.3 Å². The van der Waals surface area contributed by atoms with Crippen LogP contribution in [-0.2, 0) is 9.59 Å². The minimum absolute atomic E-state index is 0.0261. The second-order valence-electron chi connectivity index (χ2n) is 5.44. The van der Waals surface area contributed by atoms with E-state index >= 15 is 0 Å². The highest BCUT2D eigenvalue weighted by molar-refractivity contribution is 7.18. The molecular formula is C14H17N3O3S. The number of nitrogens with one attached hydrogen (secondary N) is 3. The van der Waals surface area contributed by atoms with Gasteiger partial charge in [0, 0.05) is 24.9 Å². The third kappa shape index (κ3) is 3.60. The van der Waals surface area contributed by atoms with Crippen molar-refractivity contribution in [3.05, 3.63) is 17.0 Å². The standard InChI is InChI=1S/C14H17N3O3S/c18-11-5-3-9(7-15-11)16-14(20)10-4-6-12(21-10)17-13(19)8-1-2-8/h4,6,8-9H,1-3,5,7H2,(H,15,18)(H,16,20)(H,17,19). The number of anilines is 1. The molecule has 3 rings (SSSR count). The molecular weight excluding hydrogens is 290 g/mol. The van der Waals surface area contributed by atoms with Gasteiger partial charge in [-0.3, -0.25) is 14.4 Å². The van der Waals surface area contributed by atoms with E-state index in [1.807, 2.05) is 0 Å². The SMILES string of the molecule is O=C1CCC(NC(=O)c2ccc(NC(=O)C3CC3)s2)CN1. The molecule has 2 fully saturated rings. The molecule has 1 atom stereocenters. The van der Waals surface area contributed by atoms with Gasteiger partial charge in [-0.25, -0.2) is 0 Å². The van der Waals surface area contributed by atoms with Gasteiger partial charge >= 0.3 is 0 Å². The summed E-state index contributed by atoms with van der Waals surface area (Å²) >= 11 is 1.27. The van der Waals surface area contributed by atoms with E-state index in [1.54, 1.807) is 12.1 Å². The van der Waals surface area contributed by atoms with E-state index in [4.69, 9.17) is 0 Å². The molecule has 0 bridgehead atoms. The lowest BCUT2D eigenvalue weighted by Crippen LogP contribution is -2.47. The molecule has 112 valence electrons. The average molecular weight is 307 g/mol. The Kier molecular flexibility index (Phi) is 3.92. The molecule has 21 heavy (non-hydrogen) atoms. The molecule has 0 radical (unpaired) electrons. The van der Waals surface area contributed by atoms with E-state index in [-0.39, 0.29) is 29.7 Å². The van der Waals surface area contributed by atoms with Crippen molar-refractivity contribution in [1.29, 1.82) is 0 Å². The average Bonchev–Trinajstić information content (AvgIpc) is 3.22.